The third-order valence-electron chi connectivity index (χ3n) is 2.97. The minimum atomic E-state index is -0.283. The van der Waals surface area contributed by atoms with E-state index in [1.807, 2.05) is 54.6 Å². The van der Waals surface area contributed by atoms with Crippen LogP contribution in [-0.2, 0) is 27.5 Å². The number of carbonyl (C=O) groups excluding carboxylic acids is 1. The van der Waals surface area contributed by atoms with Crippen LogP contribution in [0.25, 0.3) is 5.76 Å². The van der Waals surface area contributed by atoms with Gasteiger partial charge in [-0.15, -0.1) is 0 Å². The third-order valence-corrected chi connectivity index (χ3v) is 2.97. The number of esters is 1. The van der Waals surface area contributed by atoms with Crippen molar-refractivity contribution >= 4 is 11.7 Å². The SMILES string of the molecule is C=C(OCc1ccccc1)c1ccc(COC(C)=O)cc1. The van der Waals surface area contributed by atoms with Gasteiger partial charge in [0.2, 0.25) is 0 Å². The Morgan fingerprint density at radius 2 is 1.48 bits per heavy atom. The molecule has 0 atom stereocenters. The molecule has 0 unspecified atom stereocenters. The van der Waals surface area contributed by atoms with E-state index in [4.69, 9.17) is 9.47 Å². The van der Waals surface area contributed by atoms with Crippen molar-refractivity contribution < 1.29 is 14.3 Å². The van der Waals surface area contributed by atoms with Gasteiger partial charge in [-0.05, 0) is 11.1 Å². The minimum Gasteiger partial charge on any atom is -0.489 e. The molecule has 108 valence electrons. The van der Waals surface area contributed by atoms with Crippen molar-refractivity contribution in [1.82, 2.24) is 0 Å². The van der Waals surface area contributed by atoms with E-state index in [0.717, 1.165) is 16.7 Å². The summed E-state index contributed by atoms with van der Waals surface area (Å²) in [5, 5.41) is 0. The summed E-state index contributed by atoms with van der Waals surface area (Å²) in [7, 11) is 0. The molecule has 0 saturated heterocycles. The van der Waals surface area contributed by atoms with Gasteiger partial charge in [0.25, 0.3) is 0 Å². The molecular formula is C18H18O3. The second kappa shape index (κ2) is 7.29. The van der Waals surface area contributed by atoms with Crippen molar-refractivity contribution in [1.29, 1.82) is 0 Å². The Labute approximate surface area is 124 Å². The highest BCUT2D eigenvalue weighted by atomic mass is 16.5. The molecule has 0 aliphatic heterocycles. The normalized spacial score (nSPS) is 9.95. The molecular weight excluding hydrogens is 264 g/mol. The van der Waals surface area contributed by atoms with Crippen LogP contribution in [0.4, 0.5) is 0 Å². The van der Waals surface area contributed by atoms with Gasteiger partial charge in [0.05, 0.1) is 0 Å². The summed E-state index contributed by atoms with van der Waals surface area (Å²) in [4.78, 5) is 10.8. The molecule has 2 aromatic rings. The molecule has 3 nitrogen and oxygen atoms in total. The van der Waals surface area contributed by atoms with Crippen molar-refractivity contribution in [3.8, 4) is 0 Å². The third kappa shape index (κ3) is 4.80. The largest absolute Gasteiger partial charge is 0.489 e. The van der Waals surface area contributed by atoms with Crippen LogP contribution in [0.2, 0.25) is 0 Å². The number of carbonyl (C=O) groups is 1. The standard InChI is InChI=1S/C18H18O3/c1-14(20-12-16-6-4-3-5-7-16)18-10-8-17(9-11-18)13-21-15(2)19/h3-11H,1,12-13H2,2H3. The van der Waals surface area contributed by atoms with Gasteiger partial charge in [-0.3, -0.25) is 4.79 Å². The minimum absolute atomic E-state index is 0.283. The highest BCUT2D eigenvalue weighted by Gasteiger charge is 2.02. The van der Waals surface area contributed by atoms with Crippen LogP contribution in [0.15, 0.2) is 61.2 Å². The zero-order valence-corrected chi connectivity index (χ0v) is 12.0. The van der Waals surface area contributed by atoms with Gasteiger partial charge in [-0.2, -0.15) is 0 Å². The summed E-state index contributed by atoms with van der Waals surface area (Å²) in [6, 6.07) is 17.6. The second-order valence-electron chi connectivity index (χ2n) is 4.67. The van der Waals surface area contributed by atoms with Crippen molar-refractivity contribution in [2.45, 2.75) is 20.1 Å². The lowest BCUT2D eigenvalue weighted by Crippen LogP contribution is -1.99. The number of benzene rings is 2. The maximum atomic E-state index is 10.8. The van der Waals surface area contributed by atoms with E-state index in [1.165, 1.54) is 6.92 Å². The molecule has 21 heavy (non-hydrogen) atoms. The van der Waals surface area contributed by atoms with Crippen LogP contribution in [0, 0.1) is 0 Å². The monoisotopic (exact) mass is 282 g/mol. The molecule has 0 spiro atoms. The molecule has 0 saturated carbocycles. The van der Waals surface area contributed by atoms with Crippen molar-refractivity contribution in [2.24, 2.45) is 0 Å². The Balaban J connectivity index is 1.89. The summed E-state index contributed by atoms with van der Waals surface area (Å²) < 4.78 is 10.6. The van der Waals surface area contributed by atoms with Gasteiger partial charge in [0.1, 0.15) is 19.0 Å². The highest BCUT2D eigenvalue weighted by Crippen LogP contribution is 2.17. The Morgan fingerprint density at radius 3 is 2.10 bits per heavy atom. The first-order valence-corrected chi connectivity index (χ1v) is 6.73. The number of hydrogen-bond acceptors (Lipinski definition) is 3. The Bertz CT molecular complexity index is 600. The lowest BCUT2D eigenvalue weighted by atomic mass is 10.1. The first-order chi connectivity index (χ1) is 10.1. The summed E-state index contributed by atoms with van der Waals surface area (Å²) in [5.74, 6) is 0.340. The molecule has 0 aromatic heterocycles. The van der Waals surface area contributed by atoms with Crippen molar-refractivity contribution in [3.05, 3.63) is 77.9 Å². The van der Waals surface area contributed by atoms with Gasteiger partial charge >= 0.3 is 5.97 Å². The van der Waals surface area contributed by atoms with Crippen LogP contribution < -0.4 is 0 Å². The molecule has 0 radical (unpaired) electrons. The smallest absolute Gasteiger partial charge is 0.302 e. The Morgan fingerprint density at radius 1 is 0.905 bits per heavy atom. The Hall–Kier alpha value is -2.55. The summed E-state index contributed by atoms with van der Waals surface area (Å²) in [5.41, 5.74) is 2.95. The number of hydrogen-bond donors (Lipinski definition) is 0. The summed E-state index contributed by atoms with van der Waals surface area (Å²) >= 11 is 0. The molecule has 0 bridgehead atoms. The van der Waals surface area contributed by atoms with Gasteiger partial charge in [0.15, 0.2) is 0 Å². The highest BCUT2D eigenvalue weighted by molar-refractivity contribution is 5.66. The fourth-order valence-corrected chi connectivity index (χ4v) is 1.80. The van der Waals surface area contributed by atoms with E-state index in [9.17, 15) is 4.79 Å². The average molecular weight is 282 g/mol. The van der Waals surface area contributed by atoms with E-state index >= 15 is 0 Å². The van der Waals surface area contributed by atoms with E-state index in [-0.39, 0.29) is 12.6 Å². The zero-order chi connectivity index (χ0) is 15.1. The molecule has 2 rings (SSSR count). The Kier molecular flexibility index (Phi) is 5.16. The lowest BCUT2D eigenvalue weighted by molar-refractivity contribution is -0.142. The quantitative estimate of drug-likeness (QED) is 0.594. The fraction of sp³-hybridized carbons (Fsp3) is 0.167. The van der Waals surface area contributed by atoms with Crippen LogP contribution in [0.1, 0.15) is 23.6 Å². The number of rotatable bonds is 6. The molecule has 0 heterocycles. The van der Waals surface area contributed by atoms with Crippen LogP contribution >= 0.6 is 0 Å². The predicted octanol–water partition coefficient (Wildman–Crippen LogP) is 3.94. The molecule has 0 N–H and O–H groups in total. The van der Waals surface area contributed by atoms with Crippen molar-refractivity contribution in [3.63, 3.8) is 0 Å². The van der Waals surface area contributed by atoms with Crippen molar-refractivity contribution in [2.75, 3.05) is 0 Å². The molecule has 0 fully saturated rings. The fourth-order valence-electron chi connectivity index (χ4n) is 1.80. The summed E-state index contributed by atoms with van der Waals surface area (Å²) in [6.07, 6.45) is 0. The van der Waals surface area contributed by atoms with E-state index < -0.39 is 0 Å². The molecule has 0 aliphatic rings. The van der Waals surface area contributed by atoms with Crippen LogP contribution in [0.5, 0.6) is 0 Å². The topological polar surface area (TPSA) is 35.5 Å². The van der Waals surface area contributed by atoms with E-state index in [2.05, 4.69) is 6.58 Å². The van der Waals surface area contributed by atoms with Gasteiger partial charge < -0.3 is 9.47 Å². The second-order valence-corrected chi connectivity index (χ2v) is 4.67. The van der Waals surface area contributed by atoms with E-state index in [0.29, 0.717) is 12.4 Å². The maximum absolute atomic E-state index is 10.8. The van der Waals surface area contributed by atoms with Crippen LogP contribution in [-0.4, -0.2) is 5.97 Å². The van der Waals surface area contributed by atoms with E-state index in [1.54, 1.807) is 0 Å². The van der Waals surface area contributed by atoms with Gasteiger partial charge in [-0.25, -0.2) is 0 Å². The van der Waals surface area contributed by atoms with Crippen LogP contribution in [0.3, 0.4) is 0 Å². The average Bonchev–Trinajstić information content (AvgIpc) is 2.52. The molecule has 0 amide bonds. The maximum Gasteiger partial charge on any atom is 0.302 e. The zero-order valence-electron chi connectivity index (χ0n) is 12.0. The molecule has 2 aromatic carbocycles. The number of ether oxygens (including phenoxy) is 2. The molecule has 0 aliphatic carbocycles. The first kappa shape index (κ1) is 14.9. The molecule has 3 heteroatoms. The lowest BCUT2D eigenvalue weighted by Gasteiger charge is -2.10. The van der Waals surface area contributed by atoms with Gasteiger partial charge in [-0.1, -0.05) is 61.2 Å². The summed E-state index contributed by atoms with van der Waals surface area (Å²) in [6.45, 7) is 6.11. The predicted molar refractivity (Wildman–Crippen MR) is 82.2 cm³/mol. The first-order valence-electron chi connectivity index (χ1n) is 6.73. The van der Waals surface area contributed by atoms with Gasteiger partial charge in [0, 0.05) is 12.5 Å².